The summed E-state index contributed by atoms with van der Waals surface area (Å²) >= 11 is 0. The molecule has 0 saturated heterocycles. The molecule has 0 amide bonds. The summed E-state index contributed by atoms with van der Waals surface area (Å²) in [5, 5.41) is 0. The van der Waals surface area contributed by atoms with Gasteiger partial charge in [-0.05, 0) is 0 Å². The highest BCUT2D eigenvalue weighted by Gasteiger charge is 2.49. The lowest BCUT2D eigenvalue weighted by Crippen LogP contribution is -2.39. The van der Waals surface area contributed by atoms with E-state index in [0.717, 1.165) is 0 Å². The van der Waals surface area contributed by atoms with Crippen LogP contribution in [0.5, 0.6) is 0 Å². The maximum Gasteiger partial charge on any atom is 0.425 e. The van der Waals surface area contributed by atoms with Crippen molar-refractivity contribution in [3.05, 3.63) is 0 Å². The van der Waals surface area contributed by atoms with E-state index < -0.39 is 43.8 Å². The van der Waals surface area contributed by atoms with Crippen LogP contribution in [0.3, 0.4) is 0 Å². The normalized spacial score (nSPS) is 17.7. The van der Waals surface area contributed by atoms with Crippen molar-refractivity contribution >= 4 is 0 Å². The predicted molar refractivity (Wildman–Crippen MR) is 37.4 cm³/mol. The van der Waals surface area contributed by atoms with Gasteiger partial charge in [0.25, 0.3) is 12.1 Å². The summed E-state index contributed by atoms with van der Waals surface area (Å²) < 4.78 is 122. The molecule has 18 heavy (non-hydrogen) atoms. The van der Waals surface area contributed by atoms with Gasteiger partial charge < -0.3 is 4.74 Å². The molecule has 0 aliphatic rings. The largest absolute Gasteiger partial charge is 0.425 e. The predicted octanol–water partition coefficient (Wildman–Crippen LogP) is 3.79. The Hall–Kier alpha value is -0.740. The highest BCUT2D eigenvalue weighted by Crippen LogP contribution is 2.33. The Bertz CT molecular complexity index is 256. The second kappa shape index (κ2) is 5.49. The first-order valence-corrected chi connectivity index (χ1v) is 4.16. The van der Waals surface area contributed by atoms with Crippen molar-refractivity contribution < 1.29 is 48.6 Å². The molecule has 2 atom stereocenters. The maximum atomic E-state index is 12.4. The summed E-state index contributed by atoms with van der Waals surface area (Å²) in [6.45, 7) is -2.32. The molecule has 0 aliphatic carbocycles. The van der Waals surface area contributed by atoms with E-state index in [1.807, 2.05) is 0 Å². The lowest BCUT2D eigenvalue weighted by atomic mass is 10.2. The lowest BCUT2D eigenvalue weighted by molar-refractivity contribution is -0.257. The Balaban J connectivity index is 4.32. The average molecular weight is 296 g/mol. The first kappa shape index (κ1) is 17.3. The average Bonchev–Trinajstić information content (AvgIpc) is 2.07. The second-order valence-electron chi connectivity index (χ2n) is 3.25. The van der Waals surface area contributed by atoms with Crippen LogP contribution in [0.25, 0.3) is 0 Å². The number of rotatable bonds is 5. The second-order valence-corrected chi connectivity index (χ2v) is 3.25. The Kier molecular flexibility index (Phi) is 5.27. The molecule has 0 spiro atoms. The van der Waals surface area contributed by atoms with Gasteiger partial charge >= 0.3 is 12.4 Å². The molecule has 110 valence electrons. The fourth-order valence-corrected chi connectivity index (χ4v) is 0.779. The minimum Gasteiger partial charge on any atom is -0.339 e. The zero-order valence-corrected chi connectivity index (χ0v) is 8.26. The molecule has 0 aromatic heterocycles. The van der Waals surface area contributed by atoms with Gasteiger partial charge in [-0.3, -0.25) is 0 Å². The van der Waals surface area contributed by atoms with Crippen LogP contribution in [0.2, 0.25) is 0 Å². The smallest absolute Gasteiger partial charge is 0.339 e. The number of alkyl halides is 10. The standard InChI is InChI=1S/C7H6F10O/c8-3(7(15,16)17)4(9)18-2-5(10,11)1-6(12,13)14/h3-4H,1-2H2. The monoisotopic (exact) mass is 296 g/mol. The maximum absolute atomic E-state index is 12.4. The topological polar surface area (TPSA) is 9.23 Å². The molecule has 0 bridgehead atoms. The van der Waals surface area contributed by atoms with Crippen LogP contribution in [0.1, 0.15) is 6.42 Å². The fourth-order valence-electron chi connectivity index (χ4n) is 0.779. The number of halogens is 10. The van der Waals surface area contributed by atoms with Gasteiger partial charge in [0.05, 0.1) is 0 Å². The molecule has 2 unspecified atom stereocenters. The molecule has 0 radical (unpaired) electrons. The minimum absolute atomic E-state index is 2.32. The van der Waals surface area contributed by atoms with Gasteiger partial charge in [0.1, 0.15) is 13.0 Å². The number of ether oxygens (including phenoxy) is 1. The molecule has 0 rings (SSSR count). The molecule has 0 aromatic carbocycles. The van der Waals surface area contributed by atoms with E-state index in [0.29, 0.717) is 0 Å². The Morgan fingerprint density at radius 2 is 1.28 bits per heavy atom. The van der Waals surface area contributed by atoms with Crippen LogP contribution in [0, 0.1) is 0 Å². The third-order valence-corrected chi connectivity index (χ3v) is 1.46. The van der Waals surface area contributed by atoms with Crippen molar-refractivity contribution in [1.82, 2.24) is 0 Å². The zero-order chi connectivity index (χ0) is 14.8. The van der Waals surface area contributed by atoms with E-state index in [4.69, 9.17) is 0 Å². The summed E-state index contributed by atoms with van der Waals surface area (Å²) in [4.78, 5) is 0. The molecule has 0 aromatic rings. The first-order valence-electron chi connectivity index (χ1n) is 4.16. The molecule has 0 N–H and O–H groups in total. The first-order chi connectivity index (χ1) is 7.75. The van der Waals surface area contributed by atoms with Crippen LogP contribution in [0.15, 0.2) is 0 Å². The number of hydrogen-bond donors (Lipinski definition) is 0. The van der Waals surface area contributed by atoms with E-state index in [1.54, 1.807) is 0 Å². The van der Waals surface area contributed by atoms with Gasteiger partial charge in [0.15, 0.2) is 0 Å². The van der Waals surface area contributed by atoms with Crippen molar-refractivity contribution in [3.8, 4) is 0 Å². The minimum atomic E-state index is -5.70. The van der Waals surface area contributed by atoms with Gasteiger partial charge in [0, 0.05) is 0 Å². The summed E-state index contributed by atoms with van der Waals surface area (Å²) in [5.41, 5.74) is 0. The van der Waals surface area contributed by atoms with E-state index in [1.165, 1.54) is 0 Å². The molecule has 0 fully saturated rings. The molecule has 0 saturated carbocycles. The van der Waals surface area contributed by atoms with E-state index >= 15 is 0 Å². The van der Waals surface area contributed by atoms with Gasteiger partial charge in [-0.2, -0.15) is 26.3 Å². The Labute approximate surface area is 93.7 Å². The van der Waals surface area contributed by atoms with Crippen molar-refractivity contribution in [2.45, 2.75) is 37.2 Å². The van der Waals surface area contributed by atoms with Gasteiger partial charge in [-0.15, -0.1) is 0 Å². The SMILES string of the molecule is FC(OCC(F)(F)CC(F)(F)F)C(F)C(F)(F)F. The Morgan fingerprint density at radius 1 is 0.833 bits per heavy atom. The molecule has 0 aliphatic heterocycles. The fraction of sp³-hybridized carbons (Fsp3) is 1.00. The quantitative estimate of drug-likeness (QED) is 0.701. The van der Waals surface area contributed by atoms with Crippen molar-refractivity contribution in [3.63, 3.8) is 0 Å². The third-order valence-electron chi connectivity index (χ3n) is 1.46. The van der Waals surface area contributed by atoms with Crippen LogP contribution in [0.4, 0.5) is 43.9 Å². The van der Waals surface area contributed by atoms with E-state index in [-0.39, 0.29) is 0 Å². The van der Waals surface area contributed by atoms with Crippen molar-refractivity contribution in [1.29, 1.82) is 0 Å². The van der Waals surface area contributed by atoms with E-state index in [9.17, 15) is 43.9 Å². The summed E-state index contributed by atoms with van der Waals surface area (Å²) in [6.07, 6.45) is -21.8. The van der Waals surface area contributed by atoms with Crippen molar-refractivity contribution in [2.75, 3.05) is 6.61 Å². The van der Waals surface area contributed by atoms with Crippen LogP contribution >= 0.6 is 0 Å². The van der Waals surface area contributed by atoms with Crippen LogP contribution < -0.4 is 0 Å². The van der Waals surface area contributed by atoms with Crippen molar-refractivity contribution in [2.24, 2.45) is 0 Å². The highest BCUT2D eigenvalue weighted by atomic mass is 19.4. The molecular formula is C7H6F10O. The molecular weight excluding hydrogens is 290 g/mol. The number of hydrogen-bond acceptors (Lipinski definition) is 1. The summed E-state index contributed by atoms with van der Waals surface area (Å²) in [6, 6.07) is 0. The van der Waals surface area contributed by atoms with E-state index in [2.05, 4.69) is 4.74 Å². The van der Waals surface area contributed by atoms with Gasteiger partial charge in [-0.25, -0.2) is 17.6 Å². The molecule has 1 nitrogen and oxygen atoms in total. The van der Waals surface area contributed by atoms with Gasteiger partial charge in [-0.1, -0.05) is 0 Å². The summed E-state index contributed by atoms with van der Waals surface area (Å²) in [5.74, 6) is -4.64. The van der Waals surface area contributed by atoms with Crippen LogP contribution in [-0.2, 0) is 4.74 Å². The zero-order valence-electron chi connectivity index (χ0n) is 8.26. The molecule has 0 heterocycles. The highest BCUT2D eigenvalue weighted by molar-refractivity contribution is 4.73. The van der Waals surface area contributed by atoms with Gasteiger partial charge in [0.2, 0.25) is 6.36 Å². The van der Waals surface area contributed by atoms with Crippen LogP contribution in [-0.4, -0.2) is 37.4 Å². The lowest BCUT2D eigenvalue weighted by Gasteiger charge is -2.21. The summed E-state index contributed by atoms with van der Waals surface area (Å²) in [7, 11) is 0. The Morgan fingerprint density at radius 3 is 1.61 bits per heavy atom. The molecule has 11 heteroatoms. The third kappa shape index (κ3) is 6.87.